The Bertz CT molecular complexity index is 649. The minimum Gasteiger partial charge on any atom is -0.409 e. The second-order valence-electron chi connectivity index (χ2n) is 4.88. The van der Waals surface area contributed by atoms with Crippen LogP contribution in [0.4, 0.5) is 5.82 Å². The first-order valence-corrected chi connectivity index (χ1v) is 6.31. The van der Waals surface area contributed by atoms with E-state index in [2.05, 4.69) is 15.0 Å². The molecule has 0 radical (unpaired) electrons. The van der Waals surface area contributed by atoms with E-state index < -0.39 is 0 Å². The Labute approximate surface area is 111 Å². The third kappa shape index (κ3) is 2.07. The lowest BCUT2D eigenvalue weighted by molar-refractivity contribution is 0.318. The number of pyridine rings is 1. The molecule has 1 aromatic heterocycles. The number of nitrogens with zero attached hydrogens (tertiary/aromatic N) is 3. The topological polar surface area (TPSA) is 74.7 Å². The molecule has 0 amide bonds. The number of anilines is 1. The fourth-order valence-electron chi connectivity index (χ4n) is 2.25. The Morgan fingerprint density at radius 3 is 2.84 bits per heavy atom. The summed E-state index contributed by atoms with van der Waals surface area (Å²) in [6.45, 7) is 0. The Morgan fingerprint density at radius 2 is 2.16 bits per heavy atom. The van der Waals surface area contributed by atoms with Crippen molar-refractivity contribution in [3.05, 3.63) is 35.9 Å². The van der Waals surface area contributed by atoms with Crippen LogP contribution in [0, 0.1) is 0 Å². The highest BCUT2D eigenvalue weighted by molar-refractivity contribution is 6.04. The molecule has 1 aromatic carbocycles. The number of benzene rings is 1. The van der Waals surface area contributed by atoms with Gasteiger partial charge in [-0.05, 0) is 25.0 Å². The van der Waals surface area contributed by atoms with Crippen molar-refractivity contribution in [3.63, 3.8) is 0 Å². The van der Waals surface area contributed by atoms with Crippen molar-refractivity contribution < 1.29 is 5.21 Å². The van der Waals surface area contributed by atoms with E-state index >= 15 is 0 Å². The van der Waals surface area contributed by atoms with Gasteiger partial charge in [0.2, 0.25) is 0 Å². The molecule has 0 saturated heterocycles. The van der Waals surface area contributed by atoms with Crippen LogP contribution in [-0.2, 0) is 0 Å². The zero-order valence-corrected chi connectivity index (χ0v) is 10.7. The van der Waals surface area contributed by atoms with Crippen LogP contribution < -0.4 is 10.6 Å². The average Bonchev–Trinajstić information content (AvgIpc) is 3.29. The van der Waals surface area contributed by atoms with E-state index in [0.29, 0.717) is 11.6 Å². The van der Waals surface area contributed by atoms with Crippen LogP contribution in [0.3, 0.4) is 0 Å². The number of nitrogens with two attached hydrogens (primary N) is 1. The van der Waals surface area contributed by atoms with Crippen molar-refractivity contribution in [2.45, 2.75) is 18.9 Å². The van der Waals surface area contributed by atoms with Crippen molar-refractivity contribution in [2.24, 2.45) is 10.9 Å². The summed E-state index contributed by atoms with van der Waals surface area (Å²) in [6, 6.07) is 10.3. The molecule has 3 rings (SSSR count). The first-order valence-electron chi connectivity index (χ1n) is 6.31. The molecule has 2 aromatic rings. The minimum atomic E-state index is 0.0979. The first-order chi connectivity index (χ1) is 9.20. The number of rotatable bonds is 3. The van der Waals surface area contributed by atoms with Crippen molar-refractivity contribution in [1.29, 1.82) is 0 Å². The van der Waals surface area contributed by atoms with Crippen LogP contribution in [-0.4, -0.2) is 29.1 Å². The van der Waals surface area contributed by atoms with Crippen LogP contribution in [0.15, 0.2) is 35.5 Å². The second kappa shape index (κ2) is 4.42. The van der Waals surface area contributed by atoms with E-state index in [0.717, 1.165) is 16.7 Å². The Kier molecular flexibility index (Phi) is 2.74. The van der Waals surface area contributed by atoms with E-state index in [1.54, 1.807) is 0 Å². The summed E-state index contributed by atoms with van der Waals surface area (Å²) >= 11 is 0. The number of hydrogen-bond donors (Lipinski definition) is 2. The lowest BCUT2D eigenvalue weighted by Crippen LogP contribution is -2.26. The molecule has 0 unspecified atom stereocenters. The van der Waals surface area contributed by atoms with Crippen LogP contribution in [0.2, 0.25) is 0 Å². The van der Waals surface area contributed by atoms with Gasteiger partial charge in [0.1, 0.15) is 5.82 Å². The van der Waals surface area contributed by atoms with Crippen molar-refractivity contribution in [3.8, 4) is 0 Å². The highest BCUT2D eigenvalue weighted by Crippen LogP contribution is 2.32. The lowest BCUT2D eigenvalue weighted by Gasteiger charge is -2.21. The Hall–Kier alpha value is -2.30. The summed E-state index contributed by atoms with van der Waals surface area (Å²) in [6.07, 6.45) is 2.33. The summed E-state index contributed by atoms with van der Waals surface area (Å²) in [5.41, 5.74) is 7.37. The van der Waals surface area contributed by atoms with Crippen molar-refractivity contribution >= 4 is 22.6 Å². The van der Waals surface area contributed by atoms with Crippen molar-refractivity contribution in [1.82, 2.24) is 4.98 Å². The van der Waals surface area contributed by atoms with Gasteiger partial charge in [0.15, 0.2) is 5.84 Å². The Morgan fingerprint density at radius 1 is 1.42 bits per heavy atom. The third-order valence-corrected chi connectivity index (χ3v) is 3.52. The van der Waals surface area contributed by atoms with Crippen LogP contribution in [0.25, 0.3) is 10.9 Å². The fraction of sp³-hybridized carbons (Fsp3) is 0.286. The normalized spacial score (nSPS) is 15.7. The van der Waals surface area contributed by atoms with Gasteiger partial charge in [-0.15, -0.1) is 0 Å². The fourth-order valence-corrected chi connectivity index (χ4v) is 2.25. The predicted molar refractivity (Wildman–Crippen MR) is 75.7 cm³/mol. The summed E-state index contributed by atoms with van der Waals surface area (Å²) in [5, 5.41) is 13.0. The first kappa shape index (κ1) is 11.8. The maximum absolute atomic E-state index is 8.94. The molecule has 1 saturated carbocycles. The molecule has 1 heterocycles. The van der Waals surface area contributed by atoms with Gasteiger partial charge in [0.25, 0.3) is 0 Å². The SMILES string of the molecule is CN(c1nc2ccccc2cc1C(N)=NO)C1CC1. The highest BCUT2D eigenvalue weighted by Gasteiger charge is 2.29. The number of hydrogen-bond acceptors (Lipinski definition) is 4. The highest BCUT2D eigenvalue weighted by atomic mass is 16.4. The standard InChI is InChI=1S/C14H16N4O/c1-18(10-6-7-10)14-11(13(15)17-19)8-9-4-2-3-5-12(9)16-14/h2-5,8,10,19H,6-7H2,1H3,(H2,15,17). The molecule has 5 heteroatoms. The minimum absolute atomic E-state index is 0.0979. The predicted octanol–water partition coefficient (Wildman–Crippen LogP) is 1.93. The summed E-state index contributed by atoms with van der Waals surface area (Å²) < 4.78 is 0. The molecule has 98 valence electrons. The number of fused-ring (bicyclic) bond motifs is 1. The van der Waals surface area contributed by atoms with Gasteiger partial charge < -0.3 is 15.8 Å². The van der Waals surface area contributed by atoms with E-state index in [1.165, 1.54) is 12.8 Å². The number of amidine groups is 1. The molecule has 1 aliphatic rings. The summed E-state index contributed by atoms with van der Waals surface area (Å²) in [7, 11) is 2.00. The van der Waals surface area contributed by atoms with Gasteiger partial charge in [0, 0.05) is 18.5 Å². The second-order valence-corrected chi connectivity index (χ2v) is 4.88. The smallest absolute Gasteiger partial charge is 0.173 e. The monoisotopic (exact) mass is 256 g/mol. The van der Waals surface area contributed by atoms with E-state index in [-0.39, 0.29) is 5.84 Å². The Balaban J connectivity index is 2.20. The van der Waals surface area contributed by atoms with Gasteiger partial charge in [-0.1, -0.05) is 23.4 Å². The number of aromatic nitrogens is 1. The van der Waals surface area contributed by atoms with Crippen molar-refractivity contribution in [2.75, 3.05) is 11.9 Å². The molecule has 19 heavy (non-hydrogen) atoms. The van der Waals surface area contributed by atoms with Crippen LogP contribution in [0.1, 0.15) is 18.4 Å². The maximum atomic E-state index is 8.94. The lowest BCUT2D eigenvalue weighted by atomic mass is 10.1. The van der Waals surface area contributed by atoms with E-state index in [4.69, 9.17) is 10.9 Å². The van der Waals surface area contributed by atoms with E-state index in [1.807, 2.05) is 37.4 Å². The zero-order valence-electron chi connectivity index (χ0n) is 10.7. The number of para-hydroxylation sites is 1. The van der Waals surface area contributed by atoms with Crippen LogP contribution in [0.5, 0.6) is 0 Å². The largest absolute Gasteiger partial charge is 0.409 e. The van der Waals surface area contributed by atoms with Gasteiger partial charge in [-0.2, -0.15) is 0 Å². The maximum Gasteiger partial charge on any atom is 0.173 e. The molecule has 1 fully saturated rings. The zero-order chi connectivity index (χ0) is 13.4. The quantitative estimate of drug-likeness (QED) is 0.381. The van der Waals surface area contributed by atoms with Crippen LogP contribution >= 0.6 is 0 Å². The van der Waals surface area contributed by atoms with Gasteiger partial charge in [0.05, 0.1) is 11.1 Å². The molecule has 0 bridgehead atoms. The molecule has 0 atom stereocenters. The molecule has 5 nitrogen and oxygen atoms in total. The third-order valence-electron chi connectivity index (χ3n) is 3.52. The van der Waals surface area contributed by atoms with Gasteiger partial charge in [-0.3, -0.25) is 0 Å². The van der Waals surface area contributed by atoms with Gasteiger partial charge >= 0.3 is 0 Å². The molecular formula is C14H16N4O. The summed E-state index contributed by atoms with van der Waals surface area (Å²) in [4.78, 5) is 6.77. The molecule has 1 aliphatic carbocycles. The average molecular weight is 256 g/mol. The molecule has 3 N–H and O–H groups in total. The van der Waals surface area contributed by atoms with E-state index in [9.17, 15) is 0 Å². The molecule has 0 aliphatic heterocycles. The van der Waals surface area contributed by atoms with Gasteiger partial charge in [-0.25, -0.2) is 4.98 Å². The molecule has 0 spiro atoms. The summed E-state index contributed by atoms with van der Waals surface area (Å²) in [5.74, 6) is 0.872. The number of oxime groups is 1. The molecular weight excluding hydrogens is 240 g/mol.